The number of carbonyl (C=O) groups is 1. The fourth-order valence-corrected chi connectivity index (χ4v) is 5.22. The van der Waals surface area contributed by atoms with Crippen molar-refractivity contribution in [3.63, 3.8) is 0 Å². The molecule has 3 aromatic rings. The summed E-state index contributed by atoms with van der Waals surface area (Å²) in [5.74, 6) is 0.311. The van der Waals surface area contributed by atoms with Gasteiger partial charge in [0.25, 0.3) is 0 Å². The van der Waals surface area contributed by atoms with Crippen LogP contribution in [-0.4, -0.2) is 34.9 Å². The minimum atomic E-state index is -0.936. The highest BCUT2D eigenvalue weighted by Crippen LogP contribution is 2.48. The summed E-state index contributed by atoms with van der Waals surface area (Å²) >= 11 is 1.53. The van der Waals surface area contributed by atoms with Gasteiger partial charge in [0.2, 0.25) is 11.6 Å². The van der Waals surface area contributed by atoms with E-state index in [0.717, 1.165) is 46.0 Å². The van der Waals surface area contributed by atoms with Crippen LogP contribution in [0.2, 0.25) is 0 Å². The van der Waals surface area contributed by atoms with E-state index in [0.29, 0.717) is 12.4 Å². The maximum atomic E-state index is 11.5. The number of aromatic nitrogens is 2. The molecular weight excluding hydrogens is 424 g/mol. The van der Waals surface area contributed by atoms with E-state index in [1.165, 1.54) is 24.6 Å². The Labute approximate surface area is 189 Å². The number of azo groups is 1. The summed E-state index contributed by atoms with van der Waals surface area (Å²) in [6, 6.07) is 13.7. The first-order chi connectivity index (χ1) is 15.7. The molecule has 1 saturated heterocycles. The number of nitrogens with zero attached hydrogens (tertiary/aromatic N) is 5. The predicted molar refractivity (Wildman–Crippen MR) is 124 cm³/mol. The highest BCUT2D eigenvalue weighted by molar-refractivity contribution is 7.15. The number of ether oxygens (including phenoxy) is 1. The number of carbonyl (C=O) groups excluding carboxylic acids is 1. The number of amides is 1. The van der Waals surface area contributed by atoms with Gasteiger partial charge in [0.05, 0.1) is 10.6 Å². The predicted octanol–water partition coefficient (Wildman–Crippen LogP) is 5.05. The maximum absolute atomic E-state index is 11.5. The molecule has 1 fully saturated rings. The third-order valence-corrected chi connectivity index (χ3v) is 6.68. The van der Waals surface area contributed by atoms with Crippen molar-refractivity contribution < 1.29 is 9.53 Å². The van der Waals surface area contributed by atoms with Gasteiger partial charge in [-0.2, -0.15) is 0 Å². The van der Waals surface area contributed by atoms with Gasteiger partial charge in [-0.05, 0) is 31.4 Å². The molecule has 162 valence electrons. The summed E-state index contributed by atoms with van der Waals surface area (Å²) in [4.78, 5) is 26.3. The minimum absolute atomic E-state index is 0.173. The lowest BCUT2D eigenvalue weighted by Crippen LogP contribution is -2.39. The average Bonchev–Trinajstić information content (AvgIpc) is 3.49. The zero-order valence-corrected chi connectivity index (χ0v) is 18.4. The van der Waals surface area contributed by atoms with Crippen molar-refractivity contribution >= 4 is 29.4 Å². The van der Waals surface area contributed by atoms with Crippen molar-refractivity contribution in [2.45, 2.75) is 38.0 Å². The Bertz CT molecular complexity index is 1170. The Hall–Kier alpha value is -3.30. The lowest BCUT2D eigenvalue weighted by molar-refractivity contribution is -0.114. The largest absolute Gasteiger partial charge is 0.373 e. The monoisotopic (exact) mass is 446 g/mol. The summed E-state index contributed by atoms with van der Waals surface area (Å²) in [6.45, 7) is 2.15. The number of anilines is 1. The third-order valence-electron chi connectivity index (χ3n) is 5.46. The van der Waals surface area contributed by atoms with Crippen LogP contribution in [0.25, 0.3) is 21.8 Å². The van der Waals surface area contributed by atoms with Gasteiger partial charge in [-0.25, -0.2) is 15.0 Å². The van der Waals surface area contributed by atoms with E-state index in [2.05, 4.69) is 20.5 Å². The summed E-state index contributed by atoms with van der Waals surface area (Å²) in [5, 5.41) is 12.2. The van der Waals surface area contributed by atoms with Gasteiger partial charge >= 0.3 is 0 Å². The number of aliphatic imine (C=N–C) groups is 1. The second-order valence-electron chi connectivity index (χ2n) is 7.72. The normalized spacial score (nSPS) is 22.2. The summed E-state index contributed by atoms with van der Waals surface area (Å²) in [5.41, 5.74) is 1.72. The van der Waals surface area contributed by atoms with Crippen LogP contribution in [-0.2, 0) is 15.2 Å². The van der Waals surface area contributed by atoms with E-state index in [1.807, 2.05) is 42.5 Å². The number of hydrogen-bond donors (Lipinski definition) is 1. The van der Waals surface area contributed by atoms with Gasteiger partial charge in [0.15, 0.2) is 0 Å². The number of thiazole rings is 1. The average molecular weight is 447 g/mol. The molecule has 2 aliphatic rings. The van der Waals surface area contributed by atoms with Gasteiger partial charge in [0, 0.05) is 30.9 Å². The molecule has 32 heavy (non-hydrogen) atoms. The van der Waals surface area contributed by atoms with E-state index < -0.39 is 5.66 Å². The fourth-order valence-electron chi connectivity index (χ4n) is 4.01. The molecule has 2 aromatic heterocycles. The number of benzene rings is 1. The van der Waals surface area contributed by atoms with Gasteiger partial charge in [-0.1, -0.05) is 30.3 Å². The van der Waals surface area contributed by atoms with Gasteiger partial charge in [-0.3, -0.25) is 4.79 Å². The van der Waals surface area contributed by atoms with Crippen LogP contribution in [0.4, 0.5) is 5.82 Å². The van der Waals surface area contributed by atoms with Crippen LogP contribution < -0.4 is 5.32 Å². The zero-order valence-electron chi connectivity index (χ0n) is 17.6. The van der Waals surface area contributed by atoms with Crippen molar-refractivity contribution in [1.29, 1.82) is 0 Å². The van der Waals surface area contributed by atoms with Gasteiger partial charge < -0.3 is 10.1 Å². The zero-order chi connectivity index (χ0) is 22.0. The van der Waals surface area contributed by atoms with Crippen LogP contribution in [0.1, 0.15) is 31.1 Å². The lowest BCUT2D eigenvalue weighted by Gasteiger charge is -2.33. The number of pyridine rings is 1. The molecule has 9 heteroatoms. The molecule has 0 saturated carbocycles. The second-order valence-corrected chi connectivity index (χ2v) is 8.71. The fraction of sp³-hybridized carbons (Fsp3) is 0.304. The first-order valence-corrected chi connectivity index (χ1v) is 11.4. The van der Waals surface area contributed by atoms with E-state index in [4.69, 9.17) is 14.7 Å². The molecule has 2 unspecified atom stereocenters. The SMILES string of the molecule is CC(=O)Nc1cc(-c2nc(-c3ccccc3)c(C3(C4CCCCO4)N=CN=N3)s2)ccn1. The Balaban J connectivity index is 1.65. The van der Waals surface area contributed by atoms with Crippen LogP contribution in [0.15, 0.2) is 63.9 Å². The van der Waals surface area contributed by atoms with Crippen LogP contribution in [0, 0.1) is 0 Å². The van der Waals surface area contributed by atoms with Crippen molar-refractivity contribution in [2.75, 3.05) is 11.9 Å². The Morgan fingerprint density at radius 2 is 2.06 bits per heavy atom. The highest BCUT2D eigenvalue weighted by atomic mass is 32.1. The molecule has 1 N–H and O–H groups in total. The molecule has 0 bridgehead atoms. The topological polar surface area (TPSA) is 101 Å². The van der Waals surface area contributed by atoms with Crippen molar-refractivity contribution in [1.82, 2.24) is 9.97 Å². The van der Waals surface area contributed by atoms with Crippen LogP contribution in [0.3, 0.4) is 0 Å². The van der Waals surface area contributed by atoms with E-state index >= 15 is 0 Å². The van der Waals surface area contributed by atoms with Crippen LogP contribution in [0.5, 0.6) is 0 Å². The summed E-state index contributed by atoms with van der Waals surface area (Å²) in [7, 11) is 0. The Morgan fingerprint density at radius 1 is 1.19 bits per heavy atom. The number of hydrogen-bond acceptors (Lipinski definition) is 8. The third kappa shape index (κ3) is 3.85. The second kappa shape index (κ2) is 8.68. The molecule has 0 spiro atoms. The number of nitrogens with one attached hydrogen (secondary N) is 1. The van der Waals surface area contributed by atoms with Crippen molar-refractivity contribution in [3.05, 3.63) is 53.5 Å². The standard InChI is InChI=1S/C23H22N6O2S/c1-15(30)27-19-13-17(10-11-24-19)22-28-20(16-7-3-2-4-8-16)21(32-22)23(25-14-26-29-23)18-9-5-6-12-31-18/h2-4,7-8,10-11,13-14,18H,5-6,9,12H2,1H3,(H,24,27,30). The molecule has 1 amide bonds. The first-order valence-electron chi connectivity index (χ1n) is 10.5. The van der Waals surface area contributed by atoms with Gasteiger partial charge in [0.1, 0.15) is 23.3 Å². The molecule has 4 heterocycles. The molecule has 0 aliphatic carbocycles. The maximum Gasteiger partial charge on any atom is 0.234 e. The minimum Gasteiger partial charge on any atom is -0.373 e. The summed E-state index contributed by atoms with van der Waals surface area (Å²) in [6.07, 6.45) is 5.94. The summed E-state index contributed by atoms with van der Waals surface area (Å²) < 4.78 is 6.14. The Morgan fingerprint density at radius 3 is 2.78 bits per heavy atom. The molecule has 2 aliphatic heterocycles. The molecular formula is C23H22N6O2S. The van der Waals surface area contributed by atoms with E-state index in [1.54, 1.807) is 6.20 Å². The lowest BCUT2D eigenvalue weighted by atomic mass is 9.93. The molecule has 0 radical (unpaired) electrons. The molecule has 1 aromatic carbocycles. The smallest absolute Gasteiger partial charge is 0.234 e. The highest BCUT2D eigenvalue weighted by Gasteiger charge is 2.47. The molecule has 8 nitrogen and oxygen atoms in total. The quantitative estimate of drug-likeness (QED) is 0.593. The first kappa shape index (κ1) is 20.6. The van der Waals surface area contributed by atoms with Crippen molar-refractivity contribution in [3.8, 4) is 21.8 Å². The van der Waals surface area contributed by atoms with Crippen LogP contribution >= 0.6 is 11.3 Å². The van der Waals surface area contributed by atoms with Crippen molar-refractivity contribution in [2.24, 2.45) is 15.2 Å². The molecule has 5 rings (SSSR count). The van der Waals surface area contributed by atoms with Gasteiger partial charge in [-0.15, -0.1) is 21.6 Å². The van der Waals surface area contributed by atoms with E-state index in [9.17, 15) is 4.79 Å². The molecule has 2 atom stereocenters. The Kier molecular flexibility index (Phi) is 5.59. The number of rotatable bonds is 5. The van der Waals surface area contributed by atoms with E-state index in [-0.39, 0.29) is 12.0 Å².